The van der Waals surface area contributed by atoms with Crippen LogP contribution < -0.4 is 10.9 Å². The first kappa shape index (κ1) is 51.1. The fraction of sp³-hybridized carbons (Fsp3) is 0.771. The molecule has 4 rings (SSSR count). The maximum absolute atomic E-state index is 12.9. The Morgan fingerprint density at radius 1 is 0.882 bits per heavy atom. The number of ether oxygens (including phenoxy) is 4. The third-order valence-corrected chi connectivity index (χ3v) is 17.4. The lowest BCUT2D eigenvalue weighted by Gasteiger charge is -2.37. The molecule has 10 nitrogen and oxygen atoms in total. The second-order valence-electron chi connectivity index (χ2n) is 16.5. The topological polar surface area (TPSA) is 157 Å². The molecule has 3 atom stereocenters. The molecule has 0 saturated carbocycles. The van der Waals surface area contributed by atoms with Gasteiger partial charge in [-0.2, -0.15) is 0 Å². The minimum atomic E-state index is -1.92. The summed E-state index contributed by atoms with van der Waals surface area (Å²) in [6, 6.07) is 7.87. The van der Waals surface area contributed by atoms with Gasteiger partial charge in [0, 0.05) is 39.1 Å². The van der Waals surface area contributed by atoms with E-state index in [2.05, 4.69) is 78.4 Å². The van der Waals surface area contributed by atoms with Gasteiger partial charge in [0.2, 0.25) is 0 Å². The van der Waals surface area contributed by atoms with E-state index in [0.29, 0.717) is 33.0 Å². The summed E-state index contributed by atoms with van der Waals surface area (Å²) < 4.78 is 45.6. The Labute approximate surface area is 331 Å². The van der Waals surface area contributed by atoms with Gasteiger partial charge in [-0.05, 0) is 63.2 Å². The van der Waals surface area contributed by atoms with Crippen molar-refractivity contribution in [3.8, 4) is 0 Å². The van der Waals surface area contributed by atoms with Crippen molar-refractivity contribution in [1.29, 1.82) is 0 Å². The molecule has 2 saturated heterocycles. The summed E-state index contributed by atoms with van der Waals surface area (Å²) in [4.78, 5) is 4.09. The first-order valence-corrected chi connectivity index (χ1v) is 22.8. The van der Waals surface area contributed by atoms with Crippen LogP contribution in [0.1, 0.15) is 113 Å². The molecule has 0 aliphatic carbocycles. The van der Waals surface area contributed by atoms with Gasteiger partial charge in [-0.15, -0.1) is 51.4 Å². The minimum absolute atomic E-state index is 0. The van der Waals surface area contributed by atoms with Crippen molar-refractivity contribution < 1.29 is 38.1 Å². The fourth-order valence-electron chi connectivity index (χ4n) is 4.14. The average Bonchev–Trinajstić information content (AvgIpc) is 3.70. The number of aliphatic hydroxyl groups excluding tert-OH is 2. The molecule has 6 N–H and O–H groups in total. The fourth-order valence-corrected chi connectivity index (χ4v) is 8.27. The molecule has 51 heavy (non-hydrogen) atoms. The summed E-state index contributed by atoms with van der Waals surface area (Å²) in [6.45, 7) is 28.8. The van der Waals surface area contributed by atoms with Crippen LogP contribution in [0.4, 0.5) is 0 Å². The molecule has 16 heteroatoms. The van der Waals surface area contributed by atoms with Crippen LogP contribution in [-0.2, 0) is 34.7 Å². The van der Waals surface area contributed by atoms with Crippen LogP contribution in [-0.4, -0.2) is 74.6 Å². The number of hydrogen-bond donors (Lipinski definition) is 4. The summed E-state index contributed by atoms with van der Waals surface area (Å²) in [7, 11) is -0.923. The molecule has 300 valence electrons. The van der Waals surface area contributed by atoms with Gasteiger partial charge >= 0.3 is 0 Å². The van der Waals surface area contributed by atoms with E-state index in [4.69, 9.17) is 45.2 Å². The van der Waals surface area contributed by atoms with Gasteiger partial charge in [0.1, 0.15) is 10.8 Å². The number of hydrogen-bond acceptors (Lipinski definition) is 12. The second kappa shape index (κ2) is 21.4. The molecule has 2 fully saturated rings. The summed E-state index contributed by atoms with van der Waals surface area (Å²) >= 11 is 7.95. The molecule has 0 radical (unpaired) electrons. The number of alkyl halides is 1. The van der Waals surface area contributed by atoms with Gasteiger partial charge < -0.3 is 44.3 Å². The molecular formula is C35H66Cl2N2O8S3Si. The highest BCUT2D eigenvalue weighted by Crippen LogP contribution is 2.40. The molecule has 0 aromatic carbocycles. The van der Waals surface area contributed by atoms with Gasteiger partial charge in [-0.25, -0.2) is 0 Å². The van der Waals surface area contributed by atoms with Crippen LogP contribution in [0.25, 0.3) is 0 Å². The SMILES string of the molecule is CC1(C)COC(c2ccc([C@@H](CO[Si](C)(C)C(C)(C)C)N[S+]([O-])C(C)(C)C)s2)OC1.CC1(C)COC(c2ccc([C@H](Cl)CO)s2)OC1.CO.Cl.N. The van der Waals surface area contributed by atoms with E-state index in [9.17, 15) is 4.55 Å². The third kappa shape index (κ3) is 16.0. The largest absolute Gasteiger partial charge is 0.598 e. The minimum Gasteiger partial charge on any atom is -0.598 e. The van der Waals surface area contributed by atoms with E-state index in [0.717, 1.165) is 26.6 Å². The lowest BCUT2D eigenvalue weighted by Crippen LogP contribution is -2.46. The van der Waals surface area contributed by atoms with Crippen LogP contribution in [0.5, 0.6) is 0 Å². The van der Waals surface area contributed by atoms with Gasteiger partial charge in [0.15, 0.2) is 20.9 Å². The highest BCUT2D eigenvalue weighted by atomic mass is 35.5. The molecule has 2 aliphatic heterocycles. The van der Waals surface area contributed by atoms with Crippen molar-refractivity contribution >= 4 is 66.4 Å². The van der Waals surface area contributed by atoms with E-state index in [1.807, 2.05) is 32.9 Å². The van der Waals surface area contributed by atoms with Crippen molar-refractivity contribution in [2.45, 2.75) is 116 Å². The highest BCUT2D eigenvalue weighted by molar-refractivity contribution is 7.90. The molecule has 0 amide bonds. The molecule has 2 aliphatic rings. The summed E-state index contributed by atoms with van der Waals surface area (Å²) in [6.07, 6.45) is -0.615. The van der Waals surface area contributed by atoms with Crippen LogP contribution >= 0.6 is 46.7 Å². The van der Waals surface area contributed by atoms with Crippen molar-refractivity contribution in [3.05, 3.63) is 43.8 Å². The van der Waals surface area contributed by atoms with Crippen LogP contribution in [0.2, 0.25) is 18.1 Å². The van der Waals surface area contributed by atoms with Crippen LogP contribution in [0.15, 0.2) is 24.3 Å². The lowest BCUT2D eigenvalue weighted by atomic mass is 9.95. The molecule has 1 unspecified atom stereocenters. The average molecular weight is 838 g/mol. The third-order valence-electron chi connectivity index (χ3n) is 8.30. The van der Waals surface area contributed by atoms with E-state index >= 15 is 0 Å². The summed E-state index contributed by atoms with van der Waals surface area (Å²) in [5.74, 6) is 0. The monoisotopic (exact) mass is 836 g/mol. The Hall–Kier alpha value is 0.147. The normalized spacial score (nSPS) is 19.9. The molecular weight excluding hydrogens is 772 g/mol. The summed E-state index contributed by atoms with van der Waals surface area (Å²) in [5.41, 5.74) is 0.123. The predicted molar refractivity (Wildman–Crippen MR) is 219 cm³/mol. The highest BCUT2D eigenvalue weighted by Gasteiger charge is 2.39. The molecule has 0 spiro atoms. The standard InChI is InChI=1S/C22H41NO4S2Si.C12H17ClO3S.CH4O.ClH.H3N/c1-20(2,3)29(24)23-16(13-27-30(9,10)21(4,5)6)17-11-12-18(28-17)19-25-14-22(7,8)15-26-19;1-12(2)6-15-11(16-7-12)10-4-3-9(17-10)8(13)5-14;1-2;;/h11-12,16,19,23H,13-15H2,1-10H3;3-4,8,11,14H,5-7H2,1-2H3;2H,1H3;1H;1H3/t16-,29?;8-;;;/m11.../s1. The Kier molecular flexibility index (Phi) is 21.5. The molecule has 0 bridgehead atoms. The first-order chi connectivity index (χ1) is 22.5. The van der Waals surface area contributed by atoms with Gasteiger partial charge in [-0.3, -0.25) is 0 Å². The maximum atomic E-state index is 12.9. The van der Waals surface area contributed by atoms with E-state index in [1.54, 1.807) is 11.3 Å². The smallest absolute Gasteiger partial charge is 0.193 e. The van der Waals surface area contributed by atoms with Crippen molar-refractivity contribution in [2.24, 2.45) is 10.8 Å². The van der Waals surface area contributed by atoms with E-state index < -0.39 is 19.7 Å². The van der Waals surface area contributed by atoms with Crippen molar-refractivity contribution in [2.75, 3.05) is 46.8 Å². The molecule has 2 aromatic heterocycles. The van der Waals surface area contributed by atoms with Gasteiger partial charge in [0.25, 0.3) is 0 Å². The van der Waals surface area contributed by atoms with Crippen LogP contribution in [0.3, 0.4) is 0 Å². The Morgan fingerprint density at radius 2 is 1.27 bits per heavy atom. The first-order valence-electron chi connectivity index (χ1n) is 16.7. The number of nitrogens with one attached hydrogen (secondary N) is 1. The van der Waals surface area contributed by atoms with Crippen molar-refractivity contribution in [3.63, 3.8) is 0 Å². The zero-order chi connectivity index (χ0) is 37.4. The quantitative estimate of drug-likeness (QED) is 0.103. The van der Waals surface area contributed by atoms with Crippen LogP contribution in [0, 0.1) is 10.8 Å². The Morgan fingerprint density at radius 3 is 1.65 bits per heavy atom. The summed E-state index contributed by atoms with van der Waals surface area (Å²) in [5, 5.41) is 15.8. The number of thiophene rings is 2. The number of halogens is 2. The maximum Gasteiger partial charge on any atom is 0.193 e. The Balaban J connectivity index is 0.00000101. The van der Waals surface area contributed by atoms with E-state index in [-0.39, 0.29) is 69.8 Å². The van der Waals surface area contributed by atoms with Crippen molar-refractivity contribution in [1.82, 2.24) is 10.9 Å². The van der Waals surface area contributed by atoms with E-state index in [1.165, 1.54) is 11.3 Å². The zero-order valence-corrected chi connectivity index (χ0v) is 37.9. The lowest BCUT2D eigenvalue weighted by molar-refractivity contribution is -0.224. The number of rotatable bonds is 10. The van der Waals surface area contributed by atoms with Gasteiger partial charge in [-0.1, -0.05) is 48.5 Å². The molecule has 4 heterocycles. The Bertz CT molecular complexity index is 1250. The predicted octanol–water partition coefficient (Wildman–Crippen LogP) is 9.22. The zero-order valence-electron chi connectivity index (χ0n) is 32.9. The second-order valence-corrected chi connectivity index (χ2v) is 26.1. The van der Waals surface area contributed by atoms with Gasteiger partial charge in [0.05, 0.1) is 54.8 Å². The number of aliphatic hydroxyl groups is 2. The molecule has 2 aromatic rings.